The molecule has 0 atom stereocenters. The summed E-state index contributed by atoms with van der Waals surface area (Å²) in [7, 11) is 1.00. The third-order valence-corrected chi connectivity index (χ3v) is 17.1. The molecule has 3 aliphatic rings. The zero-order valence-electron chi connectivity index (χ0n) is 24.3. The second-order valence-corrected chi connectivity index (χ2v) is 19.1. The van der Waals surface area contributed by atoms with Crippen LogP contribution in [-0.2, 0) is 28.0 Å². The number of rotatable bonds is 6. The number of nitrogens with zero attached hydrogens (tertiary/aromatic N) is 2. The Morgan fingerprint density at radius 1 is 0.660 bits per heavy atom. The number of aliphatic hydroxyl groups excluding tert-OH is 1. The summed E-state index contributed by atoms with van der Waals surface area (Å²) >= 11 is 24.6. The van der Waals surface area contributed by atoms with Crippen molar-refractivity contribution in [2.24, 2.45) is 0 Å². The molecule has 4 nitrogen and oxygen atoms in total. The van der Waals surface area contributed by atoms with Gasteiger partial charge in [0.1, 0.15) is 0 Å². The summed E-state index contributed by atoms with van der Waals surface area (Å²) in [6.07, 6.45) is 3.73. The van der Waals surface area contributed by atoms with Gasteiger partial charge in [-0.2, -0.15) is 0 Å². The second kappa shape index (κ2) is 23.3. The average Bonchev–Trinajstić information content (AvgIpc) is 3.80. The Morgan fingerprint density at radius 3 is 1.47 bits per heavy atom. The van der Waals surface area contributed by atoms with Gasteiger partial charge < -0.3 is 34.3 Å². The maximum absolute atomic E-state index is 7.00. The summed E-state index contributed by atoms with van der Waals surface area (Å²) < 4.78 is 14.8. The number of benzene rings is 1. The first-order valence-electron chi connectivity index (χ1n) is 13.1. The van der Waals surface area contributed by atoms with Gasteiger partial charge in [0.2, 0.25) is 0 Å². The number of halogens is 4. The number of pyridine rings is 2. The molecule has 0 unspecified atom stereocenters. The van der Waals surface area contributed by atoms with Gasteiger partial charge in [-0.05, 0) is 24.3 Å². The van der Waals surface area contributed by atoms with Crippen molar-refractivity contribution in [1.82, 2.24) is 9.97 Å². The number of furan rings is 1. The molecule has 47 heavy (non-hydrogen) atoms. The van der Waals surface area contributed by atoms with Crippen molar-refractivity contribution in [1.29, 1.82) is 0 Å². The largest absolute Gasteiger partial charge is 2.00 e. The molecule has 0 fully saturated rings. The van der Waals surface area contributed by atoms with Crippen LogP contribution in [0.5, 0.6) is 0 Å². The molecule has 3 aliphatic heterocycles. The van der Waals surface area contributed by atoms with Crippen molar-refractivity contribution in [3.05, 3.63) is 112 Å². The molecule has 1 aromatic carbocycles. The minimum atomic E-state index is 0. The molecule has 0 spiro atoms. The normalized spacial score (nSPS) is 15.1. The van der Waals surface area contributed by atoms with E-state index in [0.717, 1.165) is 40.8 Å². The first kappa shape index (κ1) is 43.9. The minimum Gasteiger partial charge on any atom is -1.00 e. The van der Waals surface area contributed by atoms with Crippen LogP contribution in [0, 0.1) is 0 Å². The van der Waals surface area contributed by atoms with Crippen LogP contribution in [0.4, 0.5) is 0 Å². The van der Waals surface area contributed by atoms with E-state index in [-0.39, 0.29) is 46.6 Å². The van der Waals surface area contributed by atoms with Crippen LogP contribution >= 0.6 is 117 Å². The van der Waals surface area contributed by atoms with Gasteiger partial charge in [-0.15, -0.1) is 70.2 Å². The molecule has 7 rings (SSSR count). The molecule has 254 valence electrons. The first-order chi connectivity index (χ1) is 21.7. The summed E-state index contributed by atoms with van der Waals surface area (Å²) in [4.78, 5) is 9.08. The smallest absolute Gasteiger partial charge is 1.00 e. The molecule has 0 saturated carbocycles. The van der Waals surface area contributed by atoms with Crippen molar-refractivity contribution in [3.8, 4) is 0 Å². The molecule has 6 heterocycles. The fraction of sp³-hybridized carbons (Fsp3) is 0.200. The Bertz CT molecular complexity index is 1690. The van der Waals surface area contributed by atoms with Crippen LogP contribution in [0.1, 0.15) is 11.4 Å². The van der Waals surface area contributed by atoms with Crippen LogP contribution in [0.3, 0.4) is 0 Å². The summed E-state index contributed by atoms with van der Waals surface area (Å²) in [5, 5.41) is 9.58. The molecule has 4 aromatic rings. The summed E-state index contributed by atoms with van der Waals surface area (Å²) in [5.41, 5.74) is 4.18. The van der Waals surface area contributed by atoms with Gasteiger partial charge in [-0.1, -0.05) is 83.4 Å². The van der Waals surface area contributed by atoms with Gasteiger partial charge in [0.15, 0.2) is 10.8 Å². The van der Waals surface area contributed by atoms with Gasteiger partial charge in [0.25, 0.3) is 0 Å². The quantitative estimate of drug-likeness (QED) is 0.226. The number of aromatic nitrogens is 2. The molecule has 3 aromatic heterocycles. The minimum absolute atomic E-state index is 0. The summed E-state index contributed by atoms with van der Waals surface area (Å²) in [5.74, 6) is 4.05. The number of alkyl halides is 2. The van der Waals surface area contributed by atoms with Gasteiger partial charge in [0.05, 0.1) is 42.2 Å². The van der Waals surface area contributed by atoms with E-state index in [4.69, 9.17) is 32.7 Å². The van der Waals surface area contributed by atoms with Gasteiger partial charge in [-0.25, -0.2) is 0 Å². The van der Waals surface area contributed by atoms with Crippen LogP contribution in [-0.4, -0.2) is 39.0 Å². The molecular weight excluding hydrogens is 877 g/mol. The van der Waals surface area contributed by atoms with Crippen LogP contribution in [0.2, 0.25) is 0 Å². The Morgan fingerprint density at radius 2 is 1.06 bits per heavy atom. The van der Waals surface area contributed by atoms with E-state index in [9.17, 15) is 0 Å². The molecule has 0 saturated heterocycles. The van der Waals surface area contributed by atoms with E-state index in [0.29, 0.717) is 0 Å². The topological polar surface area (TPSA) is 59.2 Å². The van der Waals surface area contributed by atoms with Crippen molar-refractivity contribution >= 4 is 137 Å². The fourth-order valence-electron chi connectivity index (χ4n) is 3.99. The van der Waals surface area contributed by atoms with E-state index in [1.165, 1.54) is 47.7 Å². The predicted octanol–water partition coefficient (Wildman–Crippen LogP) is 3.95. The summed E-state index contributed by atoms with van der Waals surface area (Å²) in [6, 6.07) is 20.9. The van der Waals surface area contributed by atoms with Crippen LogP contribution < -0.4 is 35.6 Å². The van der Waals surface area contributed by atoms with Gasteiger partial charge in [0, 0.05) is 53.3 Å². The Labute approximate surface area is 341 Å². The van der Waals surface area contributed by atoms with Crippen LogP contribution in [0.25, 0.3) is 19.2 Å². The number of aliphatic hydroxyl groups is 1. The van der Waals surface area contributed by atoms with Crippen molar-refractivity contribution in [2.45, 2.75) is 11.5 Å². The molecule has 0 radical (unpaired) electrons. The molecule has 0 bridgehead atoms. The van der Waals surface area contributed by atoms with E-state index in [1.807, 2.05) is 119 Å². The molecular formula is C30H26Cl4N2NiO2S8. The SMILES string of the molecule is CO.ClCCl.[Cl-].[Cl-].[Ni+2].c1ccc(CSC2=C(SCc3ccccn3)SC(=c3oc(=C4SC5=C(SCCS5)S4)c4ccccc34)S2)nc1. The van der Waals surface area contributed by atoms with E-state index in [2.05, 4.69) is 58.5 Å². The predicted molar refractivity (Wildman–Crippen MR) is 207 cm³/mol. The molecule has 0 aliphatic carbocycles. The maximum atomic E-state index is 7.00. The fourth-order valence-corrected chi connectivity index (χ4v) is 15.6. The number of hydrogen-bond donors (Lipinski definition) is 1. The zero-order valence-corrected chi connectivity index (χ0v) is 34.9. The number of hydrogen-bond acceptors (Lipinski definition) is 12. The molecule has 17 heteroatoms. The monoisotopic (exact) mass is 900 g/mol. The average molecular weight is 904 g/mol. The summed E-state index contributed by atoms with van der Waals surface area (Å²) in [6.45, 7) is 0. The standard InChI is InChI=1S/C28H20N2OS8.CH2Cl2.CH4O.2ClH.Ni/c1-2-10-20-19(9-1)21(23-36-25-26(37-23)33-14-13-32-25)31-22(20)24-38-27(34-15-17-7-3-5-11-29-17)28(39-24)35-16-18-8-4-6-12-30-18;2-1-3;1-2;;;/h1-12H,13-16H2;1H2;2H,1H3;2*1H;/q;;;;;+2/p-2. The molecule has 0 amide bonds. The van der Waals surface area contributed by atoms with Crippen molar-refractivity contribution in [2.75, 3.05) is 24.0 Å². The van der Waals surface area contributed by atoms with Crippen LogP contribution in [0.15, 0.2) is 94.4 Å². The van der Waals surface area contributed by atoms with E-state index < -0.39 is 0 Å². The van der Waals surface area contributed by atoms with Crippen molar-refractivity contribution in [3.63, 3.8) is 0 Å². The molecule has 1 N–H and O–H groups in total. The van der Waals surface area contributed by atoms with E-state index in [1.54, 1.807) is 0 Å². The van der Waals surface area contributed by atoms with Gasteiger partial charge in [-0.3, -0.25) is 9.97 Å². The Hall–Kier alpha value is 0.694. The zero-order chi connectivity index (χ0) is 30.7. The van der Waals surface area contributed by atoms with Crippen molar-refractivity contribution < 1.29 is 50.8 Å². The number of thioether (sulfide) groups is 8. The number of fused-ring (bicyclic) bond motifs is 1. The van der Waals surface area contributed by atoms with Gasteiger partial charge >= 0.3 is 16.5 Å². The van der Waals surface area contributed by atoms with E-state index >= 15 is 0 Å². The maximum Gasteiger partial charge on any atom is 2.00 e. The third kappa shape index (κ3) is 11.9. The Balaban J connectivity index is 0.000000911. The Kier molecular flexibility index (Phi) is 21.7. The first-order valence-corrected chi connectivity index (χ1v) is 21.3. The third-order valence-electron chi connectivity index (χ3n) is 5.77. The second-order valence-electron chi connectivity index (χ2n) is 8.46.